The number of rotatable bonds is 8. The Bertz CT molecular complexity index is 883. The van der Waals surface area contributed by atoms with Crippen molar-refractivity contribution in [3.63, 3.8) is 0 Å². The van der Waals surface area contributed by atoms with Gasteiger partial charge < -0.3 is 15.5 Å². The number of likely N-dealkylation sites (N-methyl/N-ethyl adjacent to an activating group) is 1. The molecule has 1 aliphatic heterocycles. The maximum atomic E-state index is 13.3. The number of imide groups is 1. The molecule has 5 unspecified atom stereocenters. The van der Waals surface area contributed by atoms with Crippen LogP contribution in [-0.2, 0) is 9.59 Å². The van der Waals surface area contributed by atoms with E-state index in [1.807, 2.05) is 14.1 Å². The highest BCUT2D eigenvalue weighted by molar-refractivity contribution is 6.06. The van der Waals surface area contributed by atoms with E-state index in [4.69, 9.17) is 0 Å². The topological polar surface area (TPSA) is 77.0 Å². The fourth-order valence-electron chi connectivity index (χ4n) is 5.33. The minimum absolute atomic E-state index is 0.00693. The monoisotopic (exact) mass is 441 g/mol. The van der Waals surface area contributed by atoms with Crippen LogP contribution in [0.4, 0.5) is 4.39 Å². The van der Waals surface area contributed by atoms with Crippen LogP contribution >= 0.6 is 0 Å². The van der Waals surface area contributed by atoms with Crippen molar-refractivity contribution in [2.75, 3.05) is 40.8 Å². The van der Waals surface area contributed by atoms with Gasteiger partial charge in [-0.25, -0.2) is 4.39 Å². The first-order valence-corrected chi connectivity index (χ1v) is 11.3. The first kappa shape index (κ1) is 22.5. The third-order valence-electron chi connectivity index (χ3n) is 6.98. The van der Waals surface area contributed by atoms with Crippen molar-refractivity contribution in [2.24, 2.45) is 28.7 Å². The number of hydrogen-bond acceptors (Lipinski definition) is 4. The van der Waals surface area contributed by atoms with Gasteiger partial charge in [-0.15, -0.1) is 0 Å². The van der Waals surface area contributed by atoms with E-state index >= 15 is 0 Å². The fourth-order valence-corrected chi connectivity index (χ4v) is 5.33. The zero-order valence-corrected chi connectivity index (χ0v) is 18.9. The Hall–Kier alpha value is -2.74. The van der Waals surface area contributed by atoms with Gasteiger partial charge in [-0.05, 0) is 56.5 Å². The zero-order valence-electron chi connectivity index (χ0n) is 18.9. The van der Waals surface area contributed by atoms with Gasteiger partial charge in [0.2, 0.25) is 11.8 Å². The first-order chi connectivity index (χ1) is 15.4. The fraction of sp³-hybridized carbons (Fsp3) is 0.542. The van der Waals surface area contributed by atoms with Crippen molar-refractivity contribution >= 4 is 17.8 Å². The number of hydrogen-bond donors (Lipinski definition) is 2. The number of carbonyl (C=O) groups excluding carboxylic acids is 2. The van der Waals surface area contributed by atoms with Gasteiger partial charge in [-0.1, -0.05) is 24.3 Å². The number of nitrogens with zero attached hydrogens (tertiary/aromatic N) is 3. The van der Waals surface area contributed by atoms with E-state index in [1.165, 1.54) is 17.0 Å². The highest BCUT2D eigenvalue weighted by atomic mass is 19.1. The van der Waals surface area contributed by atoms with E-state index in [-0.39, 0.29) is 47.3 Å². The van der Waals surface area contributed by atoms with Gasteiger partial charge in [0.1, 0.15) is 5.82 Å². The van der Waals surface area contributed by atoms with E-state index < -0.39 is 0 Å². The molecule has 1 saturated carbocycles. The van der Waals surface area contributed by atoms with E-state index in [2.05, 4.69) is 32.7 Å². The number of amides is 2. The highest BCUT2D eigenvalue weighted by Crippen LogP contribution is 2.52. The van der Waals surface area contributed by atoms with Crippen molar-refractivity contribution < 1.29 is 14.0 Å². The molecule has 32 heavy (non-hydrogen) atoms. The maximum Gasteiger partial charge on any atom is 0.233 e. The standard InChI is InChI=1S/C24H32FN5O2/c1-26-24(28-14-19(29(2)3)15-7-9-18(25)10-8-15)27-11-4-12-30-22(31)20-16-5-6-17(13-16)21(20)23(30)32/h5-10,16-17,19-21H,4,11-14H2,1-3H3,(H2,26,27,28). The molecule has 0 aromatic heterocycles. The molecule has 172 valence electrons. The van der Waals surface area contributed by atoms with Crippen molar-refractivity contribution in [3.8, 4) is 0 Å². The van der Waals surface area contributed by atoms with E-state index in [1.54, 1.807) is 19.2 Å². The number of allylic oxidation sites excluding steroid dienone is 2. The molecular formula is C24H32FN5O2. The third-order valence-corrected chi connectivity index (χ3v) is 6.98. The van der Waals surface area contributed by atoms with Crippen LogP contribution in [-0.4, -0.2) is 68.4 Å². The average Bonchev–Trinajstić information content (AvgIpc) is 3.45. The maximum absolute atomic E-state index is 13.3. The Kier molecular flexibility index (Phi) is 6.60. The van der Waals surface area contributed by atoms with E-state index in [9.17, 15) is 14.0 Å². The number of aliphatic imine (C=N–C) groups is 1. The van der Waals surface area contributed by atoms with Crippen LogP contribution in [0, 0.1) is 29.5 Å². The SMILES string of the molecule is CN=C(NCCCN1C(=O)C2C3C=CC(C3)C2C1=O)NCC(c1ccc(F)cc1)N(C)C. The number of likely N-dealkylation sites (tertiary alicyclic amines) is 1. The van der Waals surface area contributed by atoms with Gasteiger partial charge in [0, 0.05) is 26.7 Å². The molecule has 4 rings (SSSR count). The molecule has 1 aromatic rings. The lowest BCUT2D eigenvalue weighted by atomic mass is 9.85. The summed E-state index contributed by atoms with van der Waals surface area (Å²) in [6.07, 6.45) is 5.85. The second kappa shape index (κ2) is 9.40. The lowest BCUT2D eigenvalue weighted by molar-refractivity contribution is -0.140. The number of guanidine groups is 1. The molecule has 5 atom stereocenters. The molecule has 7 nitrogen and oxygen atoms in total. The van der Waals surface area contributed by atoms with Crippen LogP contribution in [0.25, 0.3) is 0 Å². The quantitative estimate of drug-likeness (QED) is 0.212. The Morgan fingerprint density at radius 2 is 1.75 bits per heavy atom. The van der Waals surface area contributed by atoms with Crippen molar-refractivity contribution in [3.05, 3.63) is 47.8 Å². The smallest absolute Gasteiger partial charge is 0.233 e. The van der Waals surface area contributed by atoms with Crippen LogP contribution in [0.5, 0.6) is 0 Å². The van der Waals surface area contributed by atoms with E-state index in [0.29, 0.717) is 32.0 Å². The van der Waals surface area contributed by atoms with Crippen LogP contribution < -0.4 is 10.6 Å². The Morgan fingerprint density at radius 3 is 2.31 bits per heavy atom. The van der Waals surface area contributed by atoms with Crippen molar-refractivity contribution in [2.45, 2.75) is 18.9 Å². The molecule has 8 heteroatoms. The number of carbonyl (C=O) groups is 2. The Morgan fingerprint density at radius 1 is 1.12 bits per heavy atom. The summed E-state index contributed by atoms with van der Waals surface area (Å²) < 4.78 is 13.3. The summed E-state index contributed by atoms with van der Waals surface area (Å²) >= 11 is 0. The highest BCUT2D eigenvalue weighted by Gasteiger charge is 2.58. The summed E-state index contributed by atoms with van der Waals surface area (Å²) in [5.74, 6) is 0.650. The van der Waals surface area contributed by atoms with Crippen molar-refractivity contribution in [1.82, 2.24) is 20.4 Å². The normalized spacial score (nSPS) is 27.4. The lowest BCUT2D eigenvalue weighted by Gasteiger charge is -2.26. The summed E-state index contributed by atoms with van der Waals surface area (Å²) in [6, 6.07) is 6.57. The molecule has 2 N–H and O–H groups in total. The molecule has 1 heterocycles. The minimum Gasteiger partial charge on any atom is -0.356 e. The Balaban J connectivity index is 1.23. The Labute approximate surface area is 188 Å². The van der Waals surface area contributed by atoms with Gasteiger partial charge in [-0.3, -0.25) is 19.5 Å². The lowest BCUT2D eigenvalue weighted by Crippen LogP contribution is -2.43. The van der Waals surface area contributed by atoms with E-state index in [0.717, 1.165) is 12.0 Å². The largest absolute Gasteiger partial charge is 0.356 e. The second-order valence-corrected chi connectivity index (χ2v) is 9.09. The number of nitrogens with one attached hydrogen (secondary N) is 2. The summed E-state index contributed by atoms with van der Waals surface area (Å²) in [6.45, 7) is 1.63. The number of fused-ring (bicyclic) bond motifs is 5. The van der Waals surface area contributed by atoms with Crippen LogP contribution in [0.3, 0.4) is 0 Å². The molecule has 2 aliphatic carbocycles. The van der Waals surface area contributed by atoms with Gasteiger partial charge in [0.15, 0.2) is 5.96 Å². The molecule has 2 amide bonds. The molecule has 1 saturated heterocycles. The number of halogens is 1. The molecule has 0 spiro atoms. The minimum atomic E-state index is -0.251. The average molecular weight is 442 g/mol. The molecule has 1 aromatic carbocycles. The predicted octanol–water partition coefficient (Wildman–Crippen LogP) is 1.79. The molecule has 2 fully saturated rings. The molecule has 2 bridgehead atoms. The zero-order chi connectivity index (χ0) is 22.8. The molecule has 0 radical (unpaired) electrons. The van der Waals surface area contributed by atoms with Gasteiger partial charge in [0.05, 0.1) is 17.9 Å². The second-order valence-electron chi connectivity index (χ2n) is 9.09. The third kappa shape index (κ3) is 4.28. The van der Waals surface area contributed by atoms with Gasteiger partial charge in [0.25, 0.3) is 0 Å². The summed E-state index contributed by atoms with van der Waals surface area (Å²) in [4.78, 5) is 33.3. The molecular weight excluding hydrogens is 409 g/mol. The summed E-state index contributed by atoms with van der Waals surface area (Å²) in [5, 5.41) is 6.57. The number of benzene rings is 1. The van der Waals surface area contributed by atoms with Gasteiger partial charge in [-0.2, -0.15) is 0 Å². The summed E-state index contributed by atoms with van der Waals surface area (Å²) in [5.41, 5.74) is 1.01. The van der Waals surface area contributed by atoms with Gasteiger partial charge >= 0.3 is 0 Å². The van der Waals surface area contributed by atoms with Crippen LogP contribution in [0.15, 0.2) is 41.4 Å². The first-order valence-electron chi connectivity index (χ1n) is 11.3. The van der Waals surface area contributed by atoms with Crippen LogP contribution in [0.2, 0.25) is 0 Å². The van der Waals surface area contributed by atoms with Crippen LogP contribution in [0.1, 0.15) is 24.4 Å². The predicted molar refractivity (Wildman–Crippen MR) is 121 cm³/mol. The van der Waals surface area contributed by atoms with Crippen molar-refractivity contribution in [1.29, 1.82) is 0 Å². The molecule has 3 aliphatic rings. The summed E-state index contributed by atoms with van der Waals surface area (Å²) in [7, 11) is 5.66.